The van der Waals surface area contributed by atoms with Crippen LogP contribution in [0.15, 0.2) is 59.3 Å². The van der Waals surface area contributed by atoms with Crippen molar-refractivity contribution in [2.45, 2.75) is 6.92 Å². The van der Waals surface area contributed by atoms with Crippen LogP contribution in [0.2, 0.25) is 0 Å². The third-order valence-corrected chi connectivity index (χ3v) is 4.27. The molecular formula is C19H20BrN5. The highest BCUT2D eigenvalue weighted by molar-refractivity contribution is 9.10. The largest absolute Gasteiger partial charge is 0.378 e. The zero-order valence-corrected chi connectivity index (χ0v) is 16.0. The van der Waals surface area contributed by atoms with E-state index in [1.807, 2.05) is 44.4 Å². The van der Waals surface area contributed by atoms with E-state index in [-0.39, 0.29) is 0 Å². The Balaban J connectivity index is 1.75. The fourth-order valence-corrected chi connectivity index (χ4v) is 2.87. The highest BCUT2D eigenvalue weighted by Gasteiger charge is 2.04. The Morgan fingerprint density at radius 1 is 0.880 bits per heavy atom. The lowest BCUT2D eigenvalue weighted by Crippen LogP contribution is -2.08. The van der Waals surface area contributed by atoms with Crippen molar-refractivity contribution in [2.24, 2.45) is 0 Å². The molecule has 0 aliphatic rings. The van der Waals surface area contributed by atoms with Gasteiger partial charge in [-0.1, -0.05) is 15.9 Å². The first-order valence-corrected chi connectivity index (χ1v) is 8.70. The lowest BCUT2D eigenvalue weighted by atomic mass is 10.2. The molecule has 0 amide bonds. The van der Waals surface area contributed by atoms with Gasteiger partial charge in [0.2, 0.25) is 0 Å². The number of anilines is 5. The molecule has 0 spiro atoms. The van der Waals surface area contributed by atoms with E-state index in [2.05, 4.69) is 66.6 Å². The molecule has 1 heterocycles. The Morgan fingerprint density at radius 2 is 1.56 bits per heavy atom. The predicted molar refractivity (Wildman–Crippen MR) is 108 cm³/mol. The highest BCUT2D eigenvalue weighted by atomic mass is 79.9. The van der Waals surface area contributed by atoms with E-state index in [1.54, 1.807) is 6.33 Å². The predicted octanol–water partition coefficient (Wildman–Crippen LogP) is 5.10. The zero-order valence-electron chi connectivity index (χ0n) is 14.4. The van der Waals surface area contributed by atoms with Gasteiger partial charge in [0.15, 0.2) is 0 Å². The van der Waals surface area contributed by atoms with E-state index >= 15 is 0 Å². The van der Waals surface area contributed by atoms with Crippen LogP contribution in [0.1, 0.15) is 5.56 Å². The Morgan fingerprint density at radius 3 is 2.20 bits per heavy atom. The molecule has 0 aliphatic heterocycles. The number of hydrogen-bond donors (Lipinski definition) is 2. The second kappa shape index (κ2) is 7.53. The van der Waals surface area contributed by atoms with Crippen molar-refractivity contribution in [3.8, 4) is 0 Å². The zero-order chi connectivity index (χ0) is 17.8. The Labute approximate surface area is 156 Å². The molecule has 0 atom stereocenters. The van der Waals surface area contributed by atoms with Gasteiger partial charge in [-0.2, -0.15) is 0 Å². The van der Waals surface area contributed by atoms with Gasteiger partial charge in [0.25, 0.3) is 0 Å². The molecular weight excluding hydrogens is 378 g/mol. The lowest BCUT2D eigenvalue weighted by molar-refractivity contribution is 1.13. The second-order valence-electron chi connectivity index (χ2n) is 5.94. The number of rotatable bonds is 5. The molecule has 0 fully saturated rings. The van der Waals surface area contributed by atoms with E-state index < -0.39 is 0 Å². The molecule has 0 bridgehead atoms. The van der Waals surface area contributed by atoms with Crippen LogP contribution in [0.25, 0.3) is 0 Å². The molecule has 25 heavy (non-hydrogen) atoms. The first kappa shape index (κ1) is 17.2. The van der Waals surface area contributed by atoms with E-state index in [0.29, 0.717) is 0 Å². The Kier molecular flexibility index (Phi) is 5.19. The van der Waals surface area contributed by atoms with E-state index in [4.69, 9.17) is 0 Å². The molecule has 6 heteroatoms. The van der Waals surface area contributed by atoms with Crippen LogP contribution < -0.4 is 15.5 Å². The van der Waals surface area contributed by atoms with Crippen LogP contribution in [0, 0.1) is 6.92 Å². The topological polar surface area (TPSA) is 53.1 Å². The molecule has 2 N–H and O–H groups in total. The van der Waals surface area contributed by atoms with Crippen LogP contribution >= 0.6 is 15.9 Å². The third kappa shape index (κ3) is 4.48. The minimum atomic E-state index is 0.741. The minimum absolute atomic E-state index is 0.741. The molecule has 128 valence electrons. The molecule has 5 nitrogen and oxygen atoms in total. The van der Waals surface area contributed by atoms with E-state index in [9.17, 15) is 0 Å². The number of nitrogens with one attached hydrogen (secondary N) is 2. The van der Waals surface area contributed by atoms with Gasteiger partial charge in [-0.05, 0) is 55.0 Å². The van der Waals surface area contributed by atoms with Gasteiger partial charge in [0, 0.05) is 41.7 Å². The van der Waals surface area contributed by atoms with Crippen LogP contribution in [0.4, 0.5) is 28.7 Å². The summed E-state index contributed by atoms with van der Waals surface area (Å²) in [6.07, 6.45) is 1.55. The van der Waals surface area contributed by atoms with Crippen molar-refractivity contribution in [2.75, 3.05) is 29.6 Å². The fourth-order valence-electron chi connectivity index (χ4n) is 2.39. The lowest BCUT2D eigenvalue weighted by Gasteiger charge is -2.13. The molecule has 3 rings (SSSR count). The number of nitrogens with zero attached hydrogens (tertiary/aromatic N) is 3. The number of hydrogen-bond acceptors (Lipinski definition) is 5. The molecule has 0 unspecified atom stereocenters. The second-order valence-corrected chi connectivity index (χ2v) is 6.85. The molecule has 0 radical (unpaired) electrons. The van der Waals surface area contributed by atoms with Gasteiger partial charge in [-0.25, -0.2) is 9.97 Å². The van der Waals surface area contributed by atoms with Gasteiger partial charge in [0.05, 0.1) is 0 Å². The molecule has 0 saturated carbocycles. The monoisotopic (exact) mass is 397 g/mol. The van der Waals surface area contributed by atoms with Crippen molar-refractivity contribution in [1.29, 1.82) is 0 Å². The van der Waals surface area contributed by atoms with Crippen molar-refractivity contribution >= 4 is 44.6 Å². The van der Waals surface area contributed by atoms with Crippen molar-refractivity contribution in [1.82, 2.24) is 9.97 Å². The fraction of sp³-hybridized carbons (Fsp3) is 0.158. The summed E-state index contributed by atoms with van der Waals surface area (Å²) in [6.45, 7) is 2.06. The molecule has 0 saturated heterocycles. The summed E-state index contributed by atoms with van der Waals surface area (Å²) in [5.41, 5.74) is 4.29. The van der Waals surface area contributed by atoms with Crippen LogP contribution in [0.5, 0.6) is 0 Å². The van der Waals surface area contributed by atoms with Crippen LogP contribution in [-0.4, -0.2) is 24.1 Å². The van der Waals surface area contributed by atoms with Crippen LogP contribution in [-0.2, 0) is 0 Å². The van der Waals surface area contributed by atoms with Gasteiger partial charge in [0.1, 0.15) is 18.0 Å². The number of aromatic nitrogens is 2. The maximum Gasteiger partial charge on any atom is 0.135 e. The summed E-state index contributed by atoms with van der Waals surface area (Å²) in [5, 5.41) is 6.63. The first-order valence-electron chi connectivity index (χ1n) is 7.91. The maximum absolute atomic E-state index is 4.30. The van der Waals surface area contributed by atoms with Crippen LogP contribution in [0.3, 0.4) is 0 Å². The van der Waals surface area contributed by atoms with E-state index in [0.717, 1.165) is 38.7 Å². The number of halogens is 1. The first-order chi connectivity index (χ1) is 12.0. The summed E-state index contributed by atoms with van der Waals surface area (Å²) < 4.78 is 1.06. The Bertz CT molecular complexity index is 862. The summed E-state index contributed by atoms with van der Waals surface area (Å²) in [6, 6.07) is 16.2. The average Bonchev–Trinajstić information content (AvgIpc) is 2.58. The summed E-state index contributed by atoms with van der Waals surface area (Å²) >= 11 is 3.48. The molecule has 3 aromatic rings. The Hall–Kier alpha value is -2.60. The quantitative estimate of drug-likeness (QED) is 0.626. The normalized spacial score (nSPS) is 10.4. The smallest absolute Gasteiger partial charge is 0.135 e. The molecule has 0 aliphatic carbocycles. The van der Waals surface area contributed by atoms with Gasteiger partial charge in [-0.15, -0.1) is 0 Å². The SMILES string of the molecule is Cc1cc(Br)ccc1Nc1cc(Nc2ccc(N(C)C)cc2)ncn1. The summed E-state index contributed by atoms with van der Waals surface area (Å²) in [7, 11) is 4.05. The van der Waals surface area contributed by atoms with Crippen molar-refractivity contribution in [3.05, 3.63) is 64.9 Å². The maximum atomic E-state index is 4.30. The molecule has 1 aromatic heterocycles. The summed E-state index contributed by atoms with van der Waals surface area (Å²) in [4.78, 5) is 10.7. The van der Waals surface area contributed by atoms with Crippen molar-refractivity contribution in [3.63, 3.8) is 0 Å². The van der Waals surface area contributed by atoms with Crippen molar-refractivity contribution < 1.29 is 0 Å². The highest BCUT2D eigenvalue weighted by Crippen LogP contribution is 2.24. The minimum Gasteiger partial charge on any atom is -0.378 e. The molecule has 2 aromatic carbocycles. The average molecular weight is 398 g/mol. The van der Waals surface area contributed by atoms with E-state index in [1.165, 1.54) is 0 Å². The van der Waals surface area contributed by atoms with Gasteiger partial charge in [-0.3, -0.25) is 0 Å². The van der Waals surface area contributed by atoms with Gasteiger partial charge >= 0.3 is 0 Å². The third-order valence-electron chi connectivity index (χ3n) is 3.77. The number of aryl methyl sites for hydroxylation is 1. The van der Waals surface area contributed by atoms with Gasteiger partial charge < -0.3 is 15.5 Å². The summed E-state index contributed by atoms with van der Waals surface area (Å²) in [5.74, 6) is 1.48. The number of benzene rings is 2. The standard InChI is InChI=1S/C19H20BrN5/c1-13-10-14(20)4-9-17(13)24-19-11-18(21-12-22-19)23-15-5-7-16(8-6-15)25(2)3/h4-12H,1-3H3,(H2,21,22,23,24).